The quantitative estimate of drug-likeness (QED) is 0.797. The number of fused-ring (bicyclic) bond motifs is 1. The smallest absolute Gasteiger partial charge is 0.252 e. The highest BCUT2D eigenvalue weighted by atomic mass is 16.1. The van der Waals surface area contributed by atoms with Gasteiger partial charge in [0.15, 0.2) is 0 Å². The number of nitrogens with zero attached hydrogens (tertiary/aromatic N) is 2. The molecule has 0 fully saturated rings. The van der Waals surface area contributed by atoms with Crippen molar-refractivity contribution < 1.29 is 4.79 Å². The first kappa shape index (κ1) is 13.2. The zero-order valence-corrected chi connectivity index (χ0v) is 11.5. The van der Waals surface area contributed by atoms with E-state index >= 15 is 0 Å². The first-order valence-electron chi connectivity index (χ1n) is 6.85. The summed E-state index contributed by atoms with van der Waals surface area (Å²) < 4.78 is 0. The number of carbonyl (C=O) groups excluding carboxylic acids is 1. The van der Waals surface area contributed by atoms with Crippen LogP contribution in [0.4, 0.5) is 0 Å². The summed E-state index contributed by atoms with van der Waals surface area (Å²) >= 11 is 0. The van der Waals surface area contributed by atoms with E-state index in [1.165, 1.54) is 5.56 Å². The van der Waals surface area contributed by atoms with Crippen molar-refractivity contribution in [1.82, 2.24) is 15.3 Å². The summed E-state index contributed by atoms with van der Waals surface area (Å²) in [6.07, 6.45) is 5.81. The molecule has 1 amide bonds. The summed E-state index contributed by atoms with van der Waals surface area (Å²) in [6.45, 7) is 0.604. The molecule has 0 saturated carbocycles. The Morgan fingerprint density at radius 3 is 2.76 bits per heavy atom. The number of amides is 1. The van der Waals surface area contributed by atoms with E-state index in [2.05, 4.69) is 27.4 Å². The minimum atomic E-state index is -0.0914. The van der Waals surface area contributed by atoms with Gasteiger partial charge >= 0.3 is 0 Å². The van der Waals surface area contributed by atoms with Gasteiger partial charge in [-0.3, -0.25) is 14.8 Å². The summed E-state index contributed by atoms with van der Waals surface area (Å²) in [6, 6.07) is 13.6. The van der Waals surface area contributed by atoms with E-state index < -0.39 is 0 Å². The average Bonchev–Trinajstić information content (AvgIpc) is 2.55. The van der Waals surface area contributed by atoms with Crippen LogP contribution in [0.3, 0.4) is 0 Å². The Balaban J connectivity index is 1.70. The SMILES string of the molecule is O=C(NCCc1ccccc1)c1ccnc2ccncc12. The molecule has 0 spiro atoms. The fourth-order valence-corrected chi connectivity index (χ4v) is 2.25. The molecule has 4 heteroatoms. The van der Waals surface area contributed by atoms with Crippen LogP contribution in [-0.2, 0) is 6.42 Å². The van der Waals surface area contributed by atoms with Gasteiger partial charge in [-0.2, -0.15) is 0 Å². The summed E-state index contributed by atoms with van der Waals surface area (Å²) in [5.74, 6) is -0.0914. The second-order valence-electron chi connectivity index (χ2n) is 4.74. The predicted molar refractivity (Wildman–Crippen MR) is 82.0 cm³/mol. The first-order valence-corrected chi connectivity index (χ1v) is 6.85. The summed E-state index contributed by atoms with van der Waals surface area (Å²) in [7, 11) is 0. The molecule has 104 valence electrons. The maximum absolute atomic E-state index is 12.3. The Morgan fingerprint density at radius 1 is 1.05 bits per heavy atom. The molecular weight excluding hydrogens is 262 g/mol. The molecule has 0 radical (unpaired) electrons. The average molecular weight is 277 g/mol. The van der Waals surface area contributed by atoms with E-state index in [9.17, 15) is 4.79 Å². The Bertz CT molecular complexity index is 751. The van der Waals surface area contributed by atoms with Gasteiger partial charge in [0.1, 0.15) is 0 Å². The van der Waals surface area contributed by atoms with E-state index in [1.807, 2.05) is 18.2 Å². The van der Waals surface area contributed by atoms with Gasteiger partial charge in [0, 0.05) is 30.5 Å². The minimum absolute atomic E-state index is 0.0914. The zero-order valence-electron chi connectivity index (χ0n) is 11.5. The fraction of sp³-hybridized carbons (Fsp3) is 0.118. The van der Waals surface area contributed by atoms with E-state index in [-0.39, 0.29) is 5.91 Å². The van der Waals surface area contributed by atoms with Gasteiger partial charge in [-0.1, -0.05) is 30.3 Å². The van der Waals surface area contributed by atoms with Crippen LogP contribution in [0.1, 0.15) is 15.9 Å². The summed E-state index contributed by atoms with van der Waals surface area (Å²) in [5.41, 5.74) is 2.60. The number of hydrogen-bond donors (Lipinski definition) is 1. The van der Waals surface area contributed by atoms with E-state index in [1.54, 1.807) is 30.7 Å². The molecule has 0 aliphatic rings. The second kappa shape index (κ2) is 6.13. The maximum atomic E-state index is 12.3. The van der Waals surface area contributed by atoms with Crippen LogP contribution in [0.5, 0.6) is 0 Å². The van der Waals surface area contributed by atoms with Crippen LogP contribution >= 0.6 is 0 Å². The normalized spacial score (nSPS) is 10.5. The van der Waals surface area contributed by atoms with Crippen LogP contribution in [0.2, 0.25) is 0 Å². The van der Waals surface area contributed by atoms with Crippen molar-refractivity contribution in [3.8, 4) is 0 Å². The van der Waals surface area contributed by atoms with Gasteiger partial charge in [0.25, 0.3) is 5.91 Å². The molecule has 3 rings (SSSR count). The summed E-state index contributed by atoms with van der Waals surface area (Å²) in [5, 5.41) is 3.72. The molecule has 21 heavy (non-hydrogen) atoms. The van der Waals surface area contributed by atoms with Gasteiger partial charge in [-0.25, -0.2) is 0 Å². The van der Waals surface area contributed by atoms with Gasteiger partial charge in [-0.05, 0) is 24.1 Å². The van der Waals surface area contributed by atoms with Crippen molar-refractivity contribution in [2.24, 2.45) is 0 Å². The molecule has 0 aliphatic heterocycles. The van der Waals surface area contributed by atoms with Crippen molar-refractivity contribution in [2.75, 3.05) is 6.54 Å². The molecule has 0 unspecified atom stereocenters. The third kappa shape index (κ3) is 3.05. The highest BCUT2D eigenvalue weighted by molar-refractivity contribution is 6.05. The first-order chi connectivity index (χ1) is 10.3. The van der Waals surface area contributed by atoms with Gasteiger partial charge in [-0.15, -0.1) is 0 Å². The molecule has 0 saturated heterocycles. The molecule has 0 aliphatic carbocycles. The monoisotopic (exact) mass is 277 g/mol. The Hall–Kier alpha value is -2.75. The second-order valence-corrected chi connectivity index (χ2v) is 4.74. The highest BCUT2D eigenvalue weighted by Crippen LogP contribution is 2.14. The lowest BCUT2D eigenvalue weighted by Gasteiger charge is -2.07. The topological polar surface area (TPSA) is 54.9 Å². The third-order valence-electron chi connectivity index (χ3n) is 3.33. The molecule has 3 aromatic rings. The van der Waals surface area contributed by atoms with Crippen LogP contribution in [0.25, 0.3) is 10.9 Å². The molecule has 0 bridgehead atoms. The summed E-state index contributed by atoms with van der Waals surface area (Å²) in [4.78, 5) is 20.6. The van der Waals surface area contributed by atoms with Gasteiger partial charge in [0.2, 0.25) is 0 Å². The molecule has 1 N–H and O–H groups in total. The number of benzene rings is 1. The van der Waals surface area contributed by atoms with E-state index in [4.69, 9.17) is 0 Å². The van der Waals surface area contributed by atoms with Crippen molar-refractivity contribution in [3.05, 3.63) is 72.2 Å². The van der Waals surface area contributed by atoms with Crippen molar-refractivity contribution in [1.29, 1.82) is 0 Å². The minimum Gasteiger partial charge on any atom is -0.352 e. The number of nitrogens with one attached hydrogen (secondary N) is 1. The highest BCUT2D eigenvalue weighted by Gasteiger charge is 2.09. The molecule has 0 atom stereocenters. The molecular formula is C17H15N3O. The molecule has 2 aromatic heterocycles. The van der Waals surface area contributed by atoms with Gasteiger partial charge in [0.05, 0.1) is 11.1 Å². The van der Waals surface area contributed by atoms with Crippen molar-refractivity contribution >= 4 is 16.8 Å². The molecule has 4 nitrogen and oxygen atoms in total. The van der Waals surface area contributed by atoms with Crippen LogP contribution in [0.15, 0.2) is 61.1 Å². The number of hydrogen-bond acceptors (Lipinski definition) is 3. The van der Waals surface area contributed by atoms with Gasteiger partial charge < -0.3 is 5.32 Å². The number of pyridine rings is 2. The largest absolute Gasteiger partial charge is 0.352 e. The van der Waals surface area contributed by atoms with Crippen molar-refractivity contribution in [2.45, 2.75) is 6.42 Å². The lowest BCUT2D eigenvalue weighted by molar-refractivity contribution is 0.0955. The molecule has 1 aromatic carbocycles. The lowest BCUT2D eigenvalue weighted by atomic mass is 10.1. The van der Waals surface area contributed by atoms with E-state index in [0.29, 0.717) is 12.1 Å². The van der Waals surface area contributed by atoms with Crippen LogP contribution in [-0.4, -0.2) is 22.4 Å². The predicted octanol–water partition coefficient (Wildman–Crippen LogP) is 2.60. The Morgan fingerprint density at radius 2 is 1.90 bits per heavy atom. The molecule has 2 heterocycles. The number of aromatic nitrogens is 2. The number of rotatable bonds is 4. The number of carbonyl (C=O) groups is 1. The Kier molecular flexibility index (Phi) is 3.87. The maximum Gasteiger partial charge on any atom is 0.252 e. The van der Waals surface area contributed by atoms with Crippen LogP contribution < -0.4 is 5.32 Å². The Labute approximate surface area is 122 Å². The van der Waals surface area contributed by atoms with Crippen molar-refractivity contribution in [3.63, 3.8) is 0 Å². The van der Waals surface area contributed by atoms with E-state index in [0.717, 1.165) is 17.3 Å². The standard InChI is InChI=1S/C17H15N3O/c21-17(20-10-6-13-4-2-1-3-5-13)14-7-11-19-16-8-9-18-12-15(14)16/h1-5,7-9,11-12H,6,10H2,(H,20,21). The zero-order chi connectivity index (χ0) is 14.5. The lowest BCUT2D eigenvalue weighted by Crippen LogP contribution is -2.26. The third-order valence-corrected chi connectivity index (χ3v) is 3.33. The fourth-order valence-electron chi connectivity index (χ4n) is 2.25. The van der Waals surface area contributed by atoms with Crippen LogP contribution in [0, 0.1) is 0 Å².